The Bertz CT molecular complexity index is 336. The summed E-state index contributed by atoms with van der Waals surface area (Å²) in [6.07, 6.45) is 1.61. The number of anilines is 1. The van der Waals surface area contributed by atoms with E-state index in [1.165, 1.54) is 11.3 Å². The van der Waals surface area contributed by atoms with Gasteiger partial charge in [0.1, 0.15) is 12.3 Å². The van der Waals surface area contributed by atoms with Gasteiger partial charge in [0.2, 0.25) is 0 Å². The highest BCUT2D eigenvalue weighted by molar-refractivity contribution is 7.13. The monoisotopic (exact) mass is 213 g/mol. The minimum Gasteiger partial charge on any atom is -0.394 e. The maximum atomic E-state index is 10.5. The lowest BCUT2D eigenvalue weighted by Gasteiger charge is -1.95. The van der Waals surface area contributed by atoms with E-state index in [-0.39, 0.29) is 12.3 Å². The van der Waals surface area contributed by atoms with Crippen LogP contribution in [-0.4, -0.2) is 30.1 Å². The number of nitrogens with zero attached hydrogens (tertiary/aromatic N) is 2. The molecule has 0 aliphatic rings. The lowest BCUT2D eigenvalue weighted by atomic mass is 10.3. The van der Waals surface area contributed by atoms with E-state index in [1.54, 1.807) is 11.7 Å². The van der Waals surface area contributed by atoms with Crippen LogP contribution in [0, 0.1) is 0 Å². The average molecular weight is 213 g/mol. The molecule has 6 nitrogen and oxygen atoms in total. The smallest absolute Gasteiger partial charge is 0.259 e. The average Bonchev–Trinajstić information content (AvgIpc) is 2.60. The summed E-state index contributed by atoms with van der Waals surface area (Å²) in [5.74, 6) is 0. The van der Waals surface area contributed by atoms with Gasteiger partial charge in [0.25, 0.3) is 6.29 Å². The fourth-order valence-electron chi connectivity index (χ4n) is 0.677. The molecule has 0 bridgehead atoms. The predicted octanol–water partition coefficient (Wildman–Crippen LogP) is -0.486. The van der Waals surface area contributed by atoms with Gasteiger partial charge in [0, 0.05) is 11.9 Å². The summed E-state index contributed by atoms with van der Waals surface area (Å²) in [6, 6.07) is 0. The van der Waals surface area contributed by atoms with Crippen molar-refractivity contribution in [2.75, 3.05) is 18.9 Å². The van der Waals surface area contributed by atoms with Crippen LogP contribution in [0.5, 0.6) is 0 Å². The number of hydrogen-bond acceptors (Lipinski definition) is 7. The number of oxime groups is 1. The summed E-state index contributed by atoms with van der Waals surface area (Å²) >= 11 is 1.21. The van der Waals surface area contributed by atoms with E-state index in [9.17, 15) is 4.79 Å². The first-order chi connectivity index (χ1) is 6.77. The Morgan fingerprint density at radius 2 is 2.57 bits per heavy atom. The molecule has 7 heteroatoms. The largest absolute Gasteiger partial charge is 0.394 e. The van der Waals surface area contributed by atoms with Crippen molar-refractivity contribution in [3.8, 4) is 0 Å². The van der Waals surface area contributed by atoms with Gasteiger partial charge >= 0.3 is 0 Å². The lowest BCUT2D eigenvalue weighted by molar-refractivity contribution is 0.153. The van der Waals surface area contributed by atoms with Gasteiger partial charge in [-0.3, -0.25) is 4.79 Å². The Morgan fingerprint density at radius 3 is 3.07 bits per heavy atom. The zero-order valence-electron chi connectivity index (χ0n) is 7.27. The maximum absolute atomic E-state index is 10.5. The van der Waals surface area contributed by atoms with Gasteiger partial charge in [0.05, 0.1) is 0 Å². The first-order valence-electron chi connectivity index (χ1n) is 3.77. The normalized spacial score (nSPS) is 11.4. The molecule has 0 spiro atoms. The standard InChI is InChI=1S/C7H9N4O2S/c8-1-2-13-11-5(3-12)6-4-14-7(9)10-6/h4H,1-2,8H2,(H2,9,10)/b11-5+. The third-order valence-electron chi connectivity index (χ3n) is 1.23. The number of hydrogen-bond donors (Lipinski definition) is 2. The molecular weight excluding hydrogens is 204 g/mol. The molecule has 0 aliphatic carbocycles. The summed E-state index contributed by atoms with van der Waals surface area (Å²) < 4.78 is 0. The summed E-state index contributed by atoms with van der Waals surface area (Å²) in [4.78, 5) is 19.0. The quantitative estimate of drug-likeness (QED) is 0.390. The van der Waals surface area contributed by atoms with Crippen molar-refractivity contribution >= 4 is 28.5 Å². The molecule has 0 saturated heterocycles. The van der Waals surface area contributed by atoms with Crippen LogP contribution < -0.4 is 11.5 Å². The number of thiazole rings is 1. The molecule has 0 atom stereocenters. The van der Waals surface area contributed by atoms with E-state index in [4.69, 9.17) is 16.3 Å². The summed E-state index contributed by atoms with van der Waals surface area (Å²) in [7, 11) is 0. The van der Waals surface area contributed by atoms with E-state index >= 15 is 0 Å². The second-order valence-electron chi connectivity index (χ2n) is 2.23. The molecule has 14 heavy (non-hydrogen) atoms. The first-order valence-corrected chi connectivity index (χ1v) is 4.65. The molecule has 0 aliphatic heterocycles. The third-order valence-corrected chi connectivity index (χ3v) is 1.90. The zero-order chi connectivity index (χ0) is 10.4. The van der Waals surface area contributed by atoms with Crippen LogP contribution in [0.15, 0.2) is 10.5 Å². The number of rotatable bonds is 5. The van der Waals surface area contributed by atoms with Gasteiger partial charge in [-0.15, -0.1) is 11.3 Å². The van der Waals surface area contributed by atoms with Crippen molar-refractivity contribution in [2.24, 2.45) is 10.9 Å². The van der Waals surface area contributed by atoms with Gasteiger partial charge in [-0.05, 0) is 0 Å². The Morgan fingerprint density at radius 1 is 1.79 bits per heavy atom. The highest BCUT2D eigenvalue weighted by Crippen LogP contribution is 2.11. The Balaban J connectivity index is 2.71. The second kappa shape index (κ2) is 5.30. The molecule has 4 N–H and O–H groups in total. The van der Waals surface area contributed by atoms with E-state index in [0.717, 1.165) is 0 Å². The predicted molar refractivity (Wildman–Crippen MR) is 53.8 cm³/mol. The summed E-state index contributed by atoms with van der Waals surface area (Å²) in [5, 5.41) is 5.48. The number of nitrogens with two attached hydrogens (primary N) is 2. The fourth-order valence-corrected chi connectivity index (χ4v) is 1.22. The van der Waals surface area contributed by atoms with E-state index in [1.807, 2.05) is 0 Å². The van der Waals surface area contributed by atoms with Gasteiger partial charge < -0.3 is 16.3 Å². The van der Waals surface area contributed by atoms with Crippen LogP contribution in [0.3, 0.4) is 0 Å². The topological polar surface area (TPSA) is 104 Å². The molecule has 1 heterocycles. The van der Waals surface area contributed by atoms with E-state index in [0.29, 0.717) is 17.4 Å². The molecule has 75 valence electrons. The lowest BCUT2D eigenvalue weighted by Crippen LogP contribution is -2.09. The molecule has 1 radical (unpaired) electrons. The van der Waals surface area contributed by atoms with Crippen LogP contribution in [0.1, 0.15) is 5.69 Å². The van der Waals surface area contributed by atoms with Crippen molar-refractivity contribution < 1.29 is 9.63 Å². The molecule has 0 aromatic carbocycles. The minimum atomic E-state index is -0.00796. The van der Waals surface area contributed by atoms with Crippen LogP contribution in [0.25, 0.3) is 0 Å². The molecule has 0 unspecified atom stereocenters. The summed E-state index contributed by atoms with van der Waals surface area (Å²) in [6.45, 7) is 0.569. The number of carbonyl (C=O) groups excluding carboxylic acids is 1. The molecule has 1 aromatic rings. The van der Waals surface area contributed by atoms with Crippen molar-refractivity contribution in [2.45, 2.75) is 0 Å². The highest BCUT2D eigenvalue weighted by Gasteiger charge is 2.08. The number of aromatic nitrogens is 1. The Kier molecular flexibility index (Phi) is 4.02. The van der Waals surface area contributed by atoms with Crippen molar-refractivity contribution in [3.63, 3.8) is 0 Å². The van der Waals surface area contributed by atoms with Crippen molar-refractivity contribution in [1.82, 2.24) is 4.98 Å². The first kappa shape index (κ1) is 10.6. The molecule has 1 aromatic heterocycles. The van der Waals surface area contributed by atoms with Gasteiger partial charge in [0.15, 0.2) is 10.8 Å². The van der Waals surface area contributed by atoms with Crippen LogP contribution in [0.2, 0.25) is 0 Å². The second-order valence-corrected chi connectivity index (χ2v) is 3.12. The SMILES string of the molecule is NCCO/N=C(\[C]=O)c1csc(N)n1. The van der Waals surface area contributed by atoms with Crippen LogP contribution in [0.4, 0.5) is 5.13 Å². The minimum absolute atomic E-state index is 0.00796. The highest BCUT2D eigenvalue weighted by atomic mass is 32.1. The van der Waals surface area contributed by atoms with Gasteiger partial charge in [-0.2, -0.15) is 0 Å². The van der Waals surface area contributed by atoms with Crippen LogP contribution in [-0.2, 0) is 9.63 Å². The Hall–Kier alpha value is -1.47. The van der Waals surface area contributed by atoms with Crippen molar-refractivity contribution in [1.29, 1.82) is 0 Å². The van der Waals surface area contributed by atoms with Gasteiger partial charge in [-0.1, -0.05) is 5.16 Å². The molecule has 0 amide bonds. The number of nitrogen functional groups attached to an aromatic ring is 1. The Labute approximate surface area is 84.6 Å². The molecule has 0 fully saturated rings. The zero-order valence-corrected chi connectivity index (χ0v) is 8.08. The summed E-state index contributed by atoms with van der Waals surface area (Å²) in [5.41, 5.74) is 10.9. The van der Waals surface area contributed by atoms with Crippen molar-refractivity contribution in [3.05, 3.63) is 11.1 Å². The molecule has 1 rings (SSSR count). The molecule has 0 saturated carbocycles. The van der Waals surface area contributed by atoms with Crippen LogP contribution >= 0.6 is 11.3 Å². The van der Waals surface area contributed by atoms with Gasteiger partial charge in [-0.25, -0.2) is 4.98 Å². The van der Waals surface area contributed by atoms with E-state index < -0.39 is 0 Å². The maximum Gasteiger partial charge on any atom is 0.259 e. The van der Waals surface area contributed by atoms with E-state index in [2.05, 4.69) is 10.1 Å². The third kappa shape index (κ3) is 2.79. The molecular formula is C7H9N4O2S. The fraction of sp³-hybridized carbons (Fsp3) is 0.286.